The molecule has 20 nitrogen and oxygen atoms in total. The van der Waals surface area contributed by atoms with Crippen molar-refractivity contribution in [3.05, 3.63) is 122 Å². The fourth-order valence-corrected chi connectivity index (χ4v) is 24.7. The van der Waals surface area contributed by atoms with Gasteiger partial charge in [0, 0.05) is 80.9 Å². The number of hydrogen-bond donors (Lipinski definition) is 1. The lowest BCUT2D eigenvalue weighted by Gasteiger charge is -2.61. The van der Waals surface area contributed by atoms with Crippen LogP contribution in [0.3, 0.4) is 0 Å². The summed E-state index contributed by atoms with van der Waals surface area (Å²) < 4.78 is 85.7. The van der Waals surface area contributed by atoms with Crippen molar-refractivity contribution in [1.82, 2.24) is 0 Å². The number of furan rings is 1. The zero-order valence-corrected chi connectivity index (χ0v) is 78.3. The molecule has 19 rings (SSSR count). The molecule has 131 heavy (non-hydrogen) atoms. The Hall–Kier alpha value is -6.91. The molecule has 1 heterocycles. The molecule has 14 aliphatic carbocycles. The van der Waals surface area contributed by atoms with Gasteiger partial charge in [-0.1, -0.05) is 135 Å². The second kappa shape index (κ2) is 45.8. The Kier molecular flexibility index (Phi) is 38.3. The highest BCUT2D eigenvalue weighted by Crippen LogP contribution is 2.66. The van der Waals surface area contributed by atoms with E-state index in [9.17, 15) is 29.1 Å². The monoisotopic (exact) mass is 1830 g/mol. The minimum atomic E-state index is -0.616. The molecule has 4 aromatic carbocycles. The first-order valence-corrected chi connectivity index (χ1v) is 47.9. The van der Waals surface area contributed by atoms with Gasteiger partial charge in [0.05, 0.1) is 97.4 Å². The number of aryl methyl sites for hydroxylation is 2. The number of rotatable bonds is 36. The molecule has 0 spiro atoms. The van der Waals surface area contributed by atoms with Gasteiger partial charge in [0.25, 0.3) is 0 Å². The fraction of sp³-hybridized carbons (Fsp3) is 0.721. The Bertz CT molecular complexity index is 4450. The number of carbonyl (C=O) groups is 5. The van der Waals surface area contributed by atoms with E-state index in [0.717, 1.165) is 226 Å². The normalized spacial score (nSPS) is 27.1. The van der Waals surface area contributed by atoms with Crippen molar-refractivity contribution in [2.45, 2.75) is 427 Å². The van der Waals surface area contributed by atoms with Gasteiger partial charge in [-0.15, -0.1) is 0 Å². The molecule has 5 aromatic rings. The first kappa shape index (κ1) is 109. The van der Waals surface area contributed by atoms with Crippen molar-refractivity contribution in [2.75, 3.05) is 28.4 Å². The number of hydrogen-bond acceptors (Lipinski definition) is 20. The predicted molar refractivity (Wildman–Crippen MR) is 517 cm³/mol. The summed E-state index contributed by atoms with van der Waals surface area (Å²) in [5, 5.41) is 11.6. The molecule has 14 aliphatic rings. The highest BCUT2D eigenvalue weighted by atomic mass is 16.6. The topological polar surface area (TPSA) is 239 Å². The van der Waals surface area contributed by atoms with Crippen LogP contribution in [0.4, 0.5) is 0 Å². The van der Waals surface area contributed by atoms with Crippen molar-refractivity contribution in [1.29, 1.82) is 0 Å². The number of aromatic hydroxyl groups is 1. The van der Waals surface area contributed by atoms with Crippen LogP contribution >= 0.6 is 0 Å². The van der Waals surface area contributed by atoms with E-state index in [4.69, 9.17) is 66.0 Å². The number of phenols is 1. The van der Waals surface area contributed by atoms with Gasteiger partial charge in [0.1, 0.15) is 52.8 Å². The van der Waals surface area contributed by atoms with Crippen LogP contribution in [-0.2, 0) is 142 Å². The Labute approximate surface area is 788 Å². The molecule has 1 aromatic heterocycles. The summed E-state index contributed by atoms with van der Waals surface area (Å²) in [5.41, 5.74) is 6.75. The number of ether oxygens (including phenoxy) is 13. The van der Waals surface area contributed by atoms with Gasteiger partial charge in [0.15, 0.2) is 0 Å². The maximum atomic E-state index is 14.5. The van der Waals surface area contributed by atoms with Crippen LogP contribution in [0.25, 0.3) is 11.0 Å². The summed E-state index contributed by atoms with van der Waals surface area (Å²) >= 11 is 0. The first-order chi connectivity index (χ1) is 59.7. The molecule has 20 heteroatoms. The third kappa shape index (κ3) is 25.1. The van der Waals surface area contributed by atoms with Gasteiger partial charge >= 0.3 is 29.8 Å². The second-order valence-electron chi connectivity index (χ2n) is 42.7. The minimum absolute atomic E-state index is 0. The number of methoxy groups -OCH3 is 4. The van der Waals surface area contributed by atoms with Crippen LogP contribution in [-0.4, -0.2) is 98.0 Å². The van der Waals surface area contributed by atoms with Crippen molar-refractivity contribution in [2.24, 2.45) is 62.6 Å². The van der Waals surface area contributed by atoms with E-state index in [-0.39, 0.29) is 105 Å². The molecule has 1 N–H and O–H groups in total. The third-order valence-corrected chi connectivity index (χ3v) is 31.1. The van der Waals surface area contributed by atoms with Crippen LogP contribution in [0.15, 0.2) is 65.3 Å². The van der Waals surface area contributed by atoms with Gasteiger partial charge < -0.3 is 71.1 Å². The summed E-state index contributed by atoms with van der Waals surface area (Å²) in [6.45, 7) is 25.5. The van der Waals surface area contributed by atoms with Crippen LogP contribution in [0.5, 0.6) is 17.2 Å². The molecule has 0 aliphatic heterocycles. The largest absolute Gasteiger partial charge is 0.507 e. The van der Waals surface area contributed by atoms with Crippen molar-refractivity contribution in [3.63, 3.8) is 0 Å². The molecule has 14 saturated carbocycles. The van der Waals surface area contributed by atoms with Crippen molar-refractivity contribution >= 4 is 40.8 Å². The lowest BCUT2D eigenvalue weighted by molar-refractivity contribution is -0.241. The van der Waals surface area contributed by atoms with Crippen LogP contribution in [0, 0.1) is 69.5 Å². The SMILES string of the molecule is C.C.C.C.C.C.CCC(C)(C)C(=O)OC12CC3CC(C1)CC(C(=O)Oc1c(COC4CCCCC4)cc(C)cc1COC1CCCCC1)(C3)C2.CCC(C)(C)C(=O)OC12CC3CC(CC(OCc4cc5ccoc5cc4COc4c(COC)cc(COC)cc4COC)(C3)C1)C2.CCCc1cc(COC(=O)C23CC4CC(CC(OC(=O)C(C)(C)CC)(C4)C2)C3)cc(COC)c1O. The number of fused-ring (bicyclic) bond motifs is 1. The van der Waals surface area contributed by atoms with Gasteiger partial charge in [0.2, 0.25) is 0 Å². The third-order valence-electron chi connectivity index (χ3n) is 31.1. The van der Waals surface area contributed by atoms with Crippen LogP contribution in [0.2, 0.25) is 0 Å². The molecular formula is C111H172O20. The van der Waals surface area contributed by atoms with Crippen molar-refractivity contribution < 1.29 is 95.1 Å². The van der Waals surface area contributed by atoms with Gasteiger partial charge in [-0.05, 0) is 302 Å². The average Bonchev–Trinajstić information content (AvgIpc) is 1.03. The average molecular weight is 1830 g/mol. The van der Waals surface area contributed by atoms with Crippen LogP contribution in [0.1, 0.15) is 380 Å². The number of carbonyl (C=O) groups excluding carboxylic acids is 5. The molecule has 0 radical (unpaired) electrons. The number of phenolic OH excluding ortho intramolecular Hbond substituents is 1. The van der Waals surface area contributed by atoms with E-state index < -0.39 is 43.9 Å². The Morgan fingerprint density at radius 3 is 1.24 bits per heavy atom. The molecule has 0 amide bonds. The zero-order valence-electron chi connectivity index (χ0n) is 78.3. The van der Waals surface area contributed by atoms with E-state index in [1.807, 2.05) is 73.6 Å². The minimum Gasteiger partial charge on any atom is -0.507 e. The van der Waals surface area contributed by atoms with E-state index in [1.165, 1.54) is 44.9 Å². The number of benzene rings is 4. The highest BCUT2D eigenvalue weighted by molar-refractivity contribution is 5.83. The second-order valence-corrected chi connectivity index (χ2v) is 42.7. The van der Waals surface area contributed by atoms with E-state index in [0.29, 0.717) is 113 Å². The van der Waals surface area contributed by atoms with E-state index in [1.54, 1.807) is 34.7 Å². The highest BCUT2D eigenvalue weighted by Gasteiger charge is 2.66. The van der Waals surface area contributed by atoms with Crippen LogP contribution < -0.4 is 9.47 Å². The predicted octanol–water partition coefficient (Wildman–Crippen LogP) is 26.6. The number of esters is 5. The molecule has 736 valence electrons. The quantitative estimate of drug-likeness (QED) is 0.0223. The molecule has 0 saturated heterocycles. The zero-order chi connectivity index (χ0) is 88.9. The lowest BCUT2D eigenvalue weighted by Crippen LogP contribution is -2.61. The van der Waals surface area contributed by atoms with Gasteiger partial charge in [-0.25, -0.2) is 0 Å². The van der Waals surface area contributed by atoms with Gasteiger partial charge in [-0.3, -0.25) is 24.0 Å². The lowest BCUT2D eigenvalue weighted by atomic mass is 9.48. The Morgan fingerprint density at radius 1 is 0.412 bits per heavy atom. The Balaban J connectivity index is 0.000000239. The summed E-state index contributed by atoms with van der Waals surface area (Å²) in [6.07, 6.45) is 34.0. The van der Waals surface area contributed by atoms with Gasteiger partial charge in [-0.2, -0.15) is 0 Å². The smallest absolute Gasteiger partial charge is 0.317 e. The maximum absolute atomic E-state index is 14.5. The molecule has 14 fully saturated rings. The maximum Gasteiger partial charge on any atom is 0.317 e. The fourth-order valence-electron chi connectivity index (χ4n) is 24.7. The standard InChI is InChI=1S/C38H50O8.C38H56O6.C29H42O6.6CH4/c1-7-36(2,3)35(39)46-38-17-26-10-27(18-38)16-37(15-26,24-38)45-23-29-13-28-8-9-43-33(28)14-30(29)22-44-34-31(20-41-5)11-25(19-40-4)12-32(34)21-42-6;1-5-36(3,4)34(39)44-38-21-27-18-28(22-38)20-37(19-27,25-38)35(40)43-33-29(23-41-31-12-8-6-9-13-31)16-26(2)17-30(33)24-42-32-14-10-7-11-15-32;1-6-8-22-10-19(11-23(17-33-5)24(22)30)16-34-26(32)28-12-20-9-21(13-28)15-29(14-20,18-28)35-25(31)27(3,4)7-2;;;;;;/h8-9,11-14,26-27H,7,10,15-24H2,1-6H3;16-17,27-28,31-32H,5-15,18-25H2,1-4H3;10-11,20-21,30H,6-9,12-18H2,1-5H3;6*1H4. The summed E-state index contributed by atoms with van der Waals surface area (Å²) in [6, 6.07) is 18.4. The molecule has 6 atom stereocenters. The van der Waals surface area contributed by atoms with Crippen molar-refractivity contribution in [3.8, 4) is 17.2 Å². The molecule has 12 bridgehead atoms. The Morgan fingerprint density at radius 2 is 0.802 bits per heavy atom. The van der Waals surface area contributed by atoms with E-state index >= 15 is 0 Å². The summed E-state index contributed by atoms with van der Waals surface area (Å²) in [5.74, 6) is 3.63. The molecular weight excluding hydrogens is 1650 g/mol. The molecule has 6 unspecified atom stereocenters. The van der Waals surface area contributed by atoms with E-state index in [2.05, 4.69) is 57.2 Å². The first-order valence-electron chi connectivity index (χ1n) is 47.9. The summed E-state index contributed by atoms with van der Waals surface area (Å²) in [4.78, 5) is 67.7. The summed E-state index contributed by atoms with van der Waals surface area (Å²) in [7, 11) is 6.66.